The van der Waals surface area contributed by atoms with Crippen LogP contribution in [0.15, 0.2) is 42.5 Å². The second kappa shape index (κ2) is 9.68. The van der Waals surface area contributed by atoms with E-state index < -0.39 is 0 Å². The van der Waals surface area contributed by atoms with Gasteiger partial charge in [0.25, 0.3) is 0 Å². The largest absolute Gasteiger partial charge is 0.497 e. The standard InChI is InChI=1S/C19H21ClN2O4/c1-13-11-14(20)3-8-17(13)22-19(24)12-18(23)21-9-10-26-16-6-4-15(25-2)5-7-16/h3-8,11H,9-10,12H2,1-2H3,(H,21,23)(H,22,24). The van der Waals surface area contributed by atoms with E-state index in [-0.39, 0.29) is 18.2 Å². The van der Waals surface area contributed by atoms with Gasteiger partial charge in [-0.2, -0.15) is 0 Å². The van der Waals surface area contributed by atoms with Crippen LogP contribution in [0.25, 0.3) is 0 Å². The van der Waals surface area contributed by atoms with Gasteiger partial charge in [-0.1, -0.05) is 11.6 Å². The minimum atomic E-state index is -0.385. The number of rotatable bonds is 8. The highest BCUT2D eigenvalue weighted by Gasteiger charge is 2.10. The smallest absolute Gasteiger partial charge is 0.233 e. The number of hydrogen-bond donors (Lipinski definition) is 2. The van der Waals surface area contributed by atoms with Crippen LogP contribution in [0.2, 0.25) is 5.02 Å². The first-order valence-electron chi connectivity index (χ1n) is 8.07. The van der Waals surface area contributed by atoms with E-state index in [2.05, 4.69) is 10.6 Å². The lowest BCUT2D eigenvalue weighted by atomic mass is 10.2. The number of anilines is 1. The SMILES string of the molecule is COc1ccc(OCCNC(=O)CC(=O)Nc2ccc(Cl)cc2C)cc1. The summed E-state index contributed by atoms with van der Waals surface area (Å²) in [5.74, 6) is 0.667. The van der Waals surface area contributed by atoms with E-state index >= 15 is 0 Å². The summed E-state index contributed by atoms with van der Waals surface area (Å²) in [7, 11) is 1.59. The molecule has 0 aliphatic heterocycles. The Balaban J connectivity index is 1.68. The van der Waals surface area contributed by atoms with Gasteiger partial charge in [0.1, 0.15) is 24.5 Å². The number of ether oxygens (including phenoxy) is 2. The molecule has 0 fully saturated rings. The molecule has 2 aromatic rings. The highest BCUT2D eigenvalue weighted by Crippen LogP contribution is 2.19. The van der Waals surface area contributed by atoms with E-state index in [9.17, 15) is 9.59 Å². The molecule has 26 heavy (non-hydrogen) atoms. The van der Waals surface area contributed by atoms with Crippen molar-refractivity contribution in [2.75, 3.05) is 25.6 Å². The van der Waals surface area contributed by atoms with Gasteiger partial charge in [-0.05, 0) is 55.0 Å². The molecule has 0 radical (unpaired) electrons. The van der Waals surface area contributed by atoms with Crippen LogP contribution in [0, 0.1) is 6.92 Å². The number of benzene rings is 2. The van der Waals surface area contributed by atoms with Gasteiger partial charge in [0.2, 0.25) is 11.8 Å². The maximum Gasteiger partial charge on any atom is 0.233 e. The first-order chi connectivity index (χ1) is 12.5. The maximum absolute atomic E-state index is 11.9. The fraction of sp³-hybridized carbons (Fsp3) is 0.263. The summed E-state index contributed by atoms with van der Waals surface area (Å²) < 4.78 is 10.6. The maximum atomic E-state index is 11.9. The molecule has 0 saturated carbocycles. The number of carbonyl (C=O) groups excluding carboxylic acids is 2. The van der Waals surface area contributed by atoms with Crippen molar-refractivity contribution < 1.29 is 19.1 Å². The van der Waals surface area contributed by atoms with Gasteiger partial charge in [-0.25, -0.2) is 0 Å². The van der Waals surface area contributed by atoms with Gasteiger partial charge in [0.15, 0.2) is 0 Å². The molecular weight excluding hydrogens is 356 g/mol. The van der Waals surface area contributed by atoms with Gasteiger partial charge in [0, 0.05) is 10.7 Å². The Morgan fingerprint density at radius 2 is 1.73 bits per heavy atom. The first kappa shape index (κ1) is 19.6. The molecule has 0 heterocycles. The Kier molecular flexibility index (Phi) is 7.29. The second-order valence-electron chi connectivity index (χ2n) is 5.56. The van der Waals surface area contributed by atoms with Crippen molar-refractivity contribution in [3.05, 3.63) is 53.1 Å². The van der Waals surface area contributed by atoms with Crippen molar-refractivity contribution in [3.8, 4) is 11.5 Å². The van der Waals surface area contributed by atoms with Crippen LogP contribution in [0.3, 0.4) is 0 Å². The molecule has 2 rings (SSSR count). The molecule has 0 bridgehead atoms. The normalized spacial score (nSPS) is 10.1. The third-order valence-corrected chi connectivity index (χ3v) is 3.77. The molecule has 6 nitrogen and oxygen atoms in total. The summed E-state index contributed by atoms with van der Waals surface area (Å²) in [6.07, 6.45) is -0.259. The Morgan fingerprint density at radius 3 is 2.38 bits per heavy atom. The van der Waals surface area contributed by atoms with Crippen LogP contribution in [0.5, 0.6) is 11.5 Å². The molecular formula is C19H21ClN2O4. The molecule has 2 amide bonds. The highest BCUT2D eigenvalue weighted by molar-refractivity contribution is 6.30. The molecule has 0 aliphatic carbocycles. The van der Waals surface area contributed by atoms with Crippen molar-refractivity contribution in [1.29, 1.82) is 0 Å². The first-order valence-corrected chi connectivity index (χ1v) is 8.45. The Bertz CT molecular complexity index is 763. The lowest BCUT2D eigenvalue weighted by Gasteiger charge is -2.10. The average Bonchev–Trinajstić information content (AvgIpc) is 2.61. The molecule has 0 spiro atoms. The summed E-state index contributed by atoms with van der Waals surface area (Å²) >= 11 is 5.87. The Labute approximate surface area is 157 Å². The van der Waals surface area contributed by atoms with E-state index in [1.54, 1.807) is 49.6 Å². The number of nitrogens with one attached hydrogen (secondary N) is 2. The molecule has 0 aliphatic rings. The molecule has 0 saturated heterocycles. The molecule has 138 valence electrons. The van der Waals surface area contributed by atoms with Crippen LogP contribution >= 0.6 is 11.6 Å². The van der Waals surface area contributed by atoms with Crippen molar-refractivity contribution in [1.82, 2.24) is 5.32 Å². The Hall–Kier alpha value is -2.73. The quantitative estimate of drug-likeness (QED) is 0.548. The average molecular weight is 377 g/mol. The van der Waals surface area contributed by atoms with Gasteiger partial charge in [0.05, 0.1) is 13.7 Å². The number of hydrogen-bond acceptors (Lipinski definition) is 4. The lowest BCUT2D eigenvalue weighted by Crippen LogP contribution is -2.31. The molecule has 0 atom stereocenters. The van der Waals surface area contributed by atoms with Crippen molar-refractivity contribution in [2.24, 2.45) is 0 Å². The minimum Gasteiger partial charge on any atom is -0.497 e. The molecule has 0 unspecified atom stereocenters. The fourth-order valence-corrected chi connectivity index (χ4v) is 2.43. The number of halogens is 1. The molecule has 0 aromatic heterocycles. The molecule has 2 N–H and O–H groups in total. The fourth-order valence-electron chi connectivity index (χ4n) is 2.20. The summed E-state index contributed by atoms with van der Waals surface area (Å²) in [4.78, 5) is 23.7. The van der Waals surface area contributed by atoms with E-state index in [4.69, 9.17) is 21.1 Å². The Morgan fingerprint density at radius 1 is 1.04 bits per heavy atom. The number of aryl methyl sites for hydroxylation is 1. The lowest BCUT2D eigenvalue weighted by molar-refractivity contribution is -0.126. The summed E-state index contributed by atoms with van der Waals surface area (Å²) in [6, 6.07) is 12.3. The zero-order valence-electron chi connectivity index (χ0n) is 14.7. The summed E-state index contributed by atoms with van der Waals surface area (Å²) in [6.45, 7) is 2.44. The summed E-state index contributed by atoms with van der Waals surface area (Å²) in [5, 5.41) is 5.93. The topological polar surface area (TPSA) is 76.7 Å². The monoisotopic (exact) mass is 376 g/mol. The number of methoxy groups -OCH3 is 1. The zero-order valence-corrected chi connectivity index (χ0v) is 15.4. The van der Waals surface area contributed by atoms with E-state index in [0.29, 0.717) is 29.6 Å². The van der Waals surface area contributed by atoms with Crippen LogP contribution in [0.1, 0.15) is 12.0 Å². The second-order valence-corrected chi connectivity index (χ2v) is 5.99. The van der Waals surface area contributed by atoms with E-state index in [1.807, 2.05) is 6.92 Å². The van der Waals surface area contributed by atoms with Crippen LogP contribution in [-0.4, -0.2) is 32.1 Å². The van der Waals surface area contributed by atoms with Crippen LogP contribution in [-0.2, 0) is 9.59 Å². The third-order valence-electron chi connectivity index (χ3n) is 3.54. The van der Waals surface area contributed by atoms with Gasteiger partial charge >= 0.3 is 0 Å². The third kappa shape index (κ3) is 6.29. The number of amides is 2. The van der Waals surface area contributed by atoms with Crippen LogP contribution in [0.4, 0.5) is 5.69 Å². The van der Waals surface area contributed by atoms with Gasteiger partial charge < -0.3 is 20.1 Å². The number of carbonyl (C=O) groups is 2. The van der Waals surface area contributed by atoms with Crippen molar-refractivity contribution in [3.63, 3.8) is 0 Å². The van der Waals surface area contributed by atoms with Crippen molar-refractivity contribution in [2.45, 2.75) is 13.3 Å². The molecule has 2 aromatic carbocycles. The predicted octanol–water partition coefficient (Wildman–Crippen LogP) is 3.18. The van der Waals surface area contributed by atoms with Crippen molar-refractivity contribution >= 4 is 29.1 Å². The predicted molar refractivity (Wildman–Crippen MR) is 101 cm³/mol. The van der Waals surface area contributed by atoms with E-state index in [1.165, 1.54) is 0 Å². The van der Waals surface area contributed by atoms with E-state index in [0.717, 1.165) is 11.3 Å². The summed E-state index contributed by atoms with van der Waals surface area (Å²) in [5.41, 5.74) is 1.47. The molecule has 7 heteroatoms. The zero-order chi connectivity index (χ0) is 18.9. The van der Waals surface area contributed by atoms with Gasteiger partial charge in [-0.3, -0.25) is 9.59 Å². The van der Waals surface area contributed by atoms with Gasteiger partial charge in [-0.15, -0.1) is 0 Å². The minimum absolute atomic E-state index is 0.259. The van der Waals surface area contributed by atoms with Crippen LogP contribution < -0.4 is 20.1 Å². The highest BCUT2D eigenvalue weighted by atomic mass is 35.5.